The lowest BCUT2D eigenvalue weighted by molar-refractivity contribution is -0.130. The molecular formula is C23H30N2O4. The number of ether oxygens (including phenoxy) is 1. The Balaban J connectivity index is 1.51. The van der Waals surface area contributed by atoms with E-state index < -0.39 is 0 Å². The van der Waals surface area contributed by atoms with Crippen molar-refractivity contribution in [3.05, 3.63) is 59.0 Å². The zero-order chi connectivity index (χ0) is 20.8. The predicted molar refractivity (Wildman–Crippen MR) is 111 cm³/mol. The molecule has 0 saturated carbocycles. The van der Waals surface area contributed by atoms with Gasteiger partial charge in [-0.25, -0.2) is 4.79 Å². The first-order valence-corrected chi connectivity index (χ1v) is 10.2. The molecule has 2 heterocycles. The van der Waals surface area contributed by atoms with E-state index in [1.165, 1.54) is 7.11 Å². The highest BCUT2D eigenvalue weighted by atomic mass is 16.5. The highest BCUT2D eigenvalue weighted by Crippen LogP contribution is 2.22. The van der Waals surface area contributed by atoms with Crippen LogP contribution in [0.15, 0.2) is 40.8 Å². The minimum absolute atomic E-state index is 0.180. The molecule has 0 bridgehead atoms. The molecular weight excluding hydrogens is 368 g/mol. The fraction of sp³-hybridized carbons (Fsp3) is 0.478. The summed E-state index contributed by atoms with van der Waals surface area (Å²) in [6.45, 7) is 8.05. The lowest BCUT2D eigenvalue weighted by Crippen LogP contribution is -2.33. The van der Waals surface area contributed by atoms with Crippen LogP contribution >= 0.6 is 0 Å². The Morgan fingerprint density at radius 3 is 2.55 bits per heavy atom. The highest BCUT2D eigenvalue weighted by molar-refractivity contribution is 5.89. The molecule has 0 N–H and O–H groups in total. The van der Waals surface area contributed by atoms with Gasteiger partial charge in [-0.2, -0.15) is 0 Å². The molecule has 1 aromatic carbocycles. The van der Waals surface area contributed by atoms with E-state index in [-0.39, 0.29) is 11.9 Å². The van der Waals surface area contributed by atoms with Crippen LogP contribution in [0.1, 0.15) is 53.1 Å². The van der Waals surface area contributed by atoms with Crippen LogP contribution in [0.25, 0.3) is 0 Å². The van der Waals surface area contributed by atoms with Crippen molar-refractivity contribution in [1.29, 1.82) is 0 Å². The summed E-state index contributed by atoms with van der Waals surface area (Å²) < 4.78 is 10.5. The molecule has 1 atom stereocenters. The molecule has 0 spiro atoms. The zero-order valence-electron chi connectivity index (χ0n) is 17.5. The third kappa shape index (κ3) is 5.70. The number of benzene rings is 1. The number of amides is 1. The van der Waals surface area contributed by atoms with Crippen molar-refractivity contribution in [1.82, 2.24) is 9.80 Å². The first-order chi connectivity index (χ1) is 14.0. The predicted octanol–water partition coefficient (Wildman–Crippen LogP) is 3.60. The molecule has 1 fully saturated rings. The standard InChI is InChI=1S/C23H30N2O4/c1-17(21-9-4-18(2)29-21)10-12-24-13-11-22(26)25(15-14-24)16-19-5-7-20(8-6-19)23(27)28-3/h4-9,17H,10-16H2,1-3H3/t17-/m0/s1. The largest absolute Gasteiger partial charge is 0.466 e. The molecule has 1 aromatic heterocycles. The average molecular weight is 399 g/mol. The quantitative estimate of drug-likeness (QED) is 0.667. The van der Waals surface area contributed by atoms with Gasteiger partial charge in [-0.15, -0.1) is 0 Å². The second kappa shape index (κ2) is 9.74. The minimum Gasteiger partial charge on any atom is -0.466 e. The number of hydrogen-bond acceptors (Lipinski definition) is 5. The number of carbonyl (C=O) groups is 2. The van der Waals surface area contributed by atoms with Crippen LogP contribution in [0, 0.1) is 6.92 Å². The van der Waals surface area contributed by atoms with Gasteiger partial charge in [0.05, 0.1) is 12.7 Å². The summed E-state index contributed by atoms with van der Waals surface area (Å²) in [5.41, 5.74) is 1.53. The van der Waals surface area contributed by atoms with Gasteiger partial charge in [-0.05, 0) is 49.7 Å². The fourth-order valence-electron chi connectivity index (χ4n) is 3.62. The lowest BCUT2D eigenvalue weighted by Gasteiger charge is -2.23. The molecule has 0 aliphatic carbocycles. The monoisotopic (exact) mass is 398 g/mol. The van der Waals surface area contributed by atoms with E-state index in [9.17, 15) is 9.59 Å². The van der Waals surface area contributed by atoms with Gasteiger partial charge >= 0.3 is 5.97 Å². The van der Waals surface area contributed by atoms with Gasteiger partial charge in [0.15, 0.2) is 0 Å². The van der Waals surface area contributed by atoms with Crippen LogP contribution < -0.4 is 0 Å². The number of esters is 1. The number of nitrogens with zero attached hydrogens (tertiary/aromatic N) is 2. The van der Waals surface area contributed by atoms with Crippen LogP contribution in [0.5, 0.6) is 0 Å². The number of aryl methyl sites for hydroxylation is 1. The minimum atomic E-state index is -0.350. The van der Waals surface area contributed by atoms with Crippen molar-refractivity contribution >= 4 is 11.9 Å². The second-order valence-corrected chi connectivity index (χ2v) is 7.73. The Labute approximate surface area is 172 Å². The molecule has 1 amide bonds. The Morgan fingerprint density at radius 1 is 1.14 bits per heavy atom. The van der Waals surface area contributed by atoms with E-state index in [0.717, 1.165) is 43.1 Å². The summed E-state index contributed by atoms with van der Waals surface area (Å²) in [6.07, 6.45) is 1.55. The van der Waals surface area contributed by atoms with Gasteiger partial charge in [-0.3, -0.25) is 4.79 Å². The van der Waals surface area contributed by atoms with Crippen molar-refractivity contribution in [2.75, 3.05) is 33.3 Å². The third-order valence-corrected chi connectivity index (χ3v) is 5.55. The van der Waals surface area contributed by atoms with Gasteiger partial charge < -0.3 is 19.0 Å². The van der Waals surface area contributed by atoms with E-state index in [4.69, 9.17) is 9.15 Å². The van der Waals surface area contributed by atoms with Crippen molar-refractivity contribution in [3.63, 3.8) is 0 Å². The Kier molecular flexibility index (Phi) is 7.09. The third-order valence-electron chi connectivity index (χ3n) is 5.55. The fourth-order valence-corrected chi connectivity index (χ4v) is 3.62. The van der Waals surface area contributed by atoms with E-state index in [1.54, 1.807) is 12.1 Å². The smallest absolute Gasteiger partial charge is 0.337 e. The number of methoxy groups -OCH3 is 1. The summed E-state index contributed by atoms with van der Waals surface area (Å²) >= 11 is 0. The van der Waals surface area contributed by atoms with E-state index >= 15 is 0 Å². The van der Waals surface area contributed by atoms with Gasteiger partial charge in [0.25, 0.3) is 0 Å². The average Bonchev–Trinajstić information content (AvgIpc) is 3.10. The van der Waals surface area contributed by atoms with Gasteiger partial charge in [-0.1, -0.05) is 19.1 Å². The van der Waals surface area contributed by atoms with Crippen LogP contribution in [0.3, 0.4) is 0 Å². The molecule has 6 heteroatoms. The lowest BCUT2D eigenvalue weighted by atomic mass is 10.0. The molecule has 2 aromatic rings. The van der Waals surface area contributed by atoms with Crippen molar-refractivity contribution in [3.8, 4) is 0 Å². The SMILES string of the molecule is COC(=O)c1ccc(CN2CCN(CC[C@H](C)c3ccc(C)o3)CCC2=O)cc1. The maximum atomic E-state index is 12.6. The van der Waals surface area contributed by atoms with Gasteiger partial charge in [0.2, 0.25) is 5.91 Å². The molecule has 29 heavy (non-hydrogen) atoms. The summed E-state index contributed by atoms with van der Waals surface area (Å²) in [7, 11) is 1.37. The zero-order valence-corrected chi connectivity index (χ0v) is 17.5. The Morgan fingerprint density at radius 2 is 1.90 bits per heavy atom. The number of hydrogen-bond donors (Lipinski definition) is 0. The summed E-state index contributed by atoms with van der Waals surface area (Å²) in [5, 5.41) is 0. The van der Waals surface area contributed by atoms with Crippen molar-refractivity contribution in [2.24, 2.45) is 0 Å². The summed E-state index contributed by atoms with van der Waals surface area (Å²) in [6, 6.07) is 11.3. The molecule has 1 aliphatic heterocycles. The van der Waals surface area contributed by atoms with Gasteiger partial charge in [0.1, 0.15) is 11.5 Å². The van der Waals surface area contributed by atoms with E-state index in [0.29, 0.717) is 31.0 Å². The topological polar surface area (TPSA) is 63.0 Å². The Bertz CT molecular complexity index is 828. The van der Waals surface area contributed by atoms with E-state index in [2.05, 4.69) is 17.9 Å². The maximum absolute atomic E-state index is 12.6. The maximum Gasteiger partial charge on any atom is 0.337 e. The molecule has 0 radical (unpaired) electrons. The van der Waals surface area contributed by atoms with Crippen LogP contribution in [-0.4, -0.2) is 55.0 Å². The van der Waals surface area contributed by atoms with Crippen molar-refractivity contribution < 1.29 is 18.7 Å². The molecule has 1 saturated heterocycles. The summed E-state index contributed by atoms with van der Waals surface area (Å²) in [4.78, 5) is 28.4. The molecule has 156 valence electrons. The van der Waals surface area contributed by atoms with Crippen LogP contribution in [0.4, 0.5) is 0 Å². The molecule has 0 unspecified atom stereocenters. The summed E-state index contributed by atoms with van der Waals surface area (Å²) in [5.74, 6) is 2.18. The first kappa shape index (κ1) is 21.1. The van der Waals surface area contributed by atoms with Crippen LogP contribution in [-0.2, 0) is 16.1 Å². The van der Waals surface area contributed by atoms with E-state index in [1.807, 2.05) is 30.0 Å². The molecule has 3 rings (SSSR count). The highest BCUT2D eigenvalue weighted by Gasteiger charge is 2.22. The van der Waals surface area contributed by atoms with Crippen molar-refractivity contribution in [2.45, 2.75) is 39.2 Å². The number of furan rings is 1. The normalized spacial score (nSPS) is 16.5. The number of carbonyl (C=O) groups excluding carboxylic acids is 2. The number of rotatable bonds is 7. The first-order valence-electron chi connectivity index (χ1n) is 10.2. The molecule has 1 aliphatic rings. The molecule has 6 nitrogen and oxygen atoms in total. The van der Waals surface area contributed by atoms with Gasteiger partial charge in [0, 0.05) is 38.5 Å². The Hall–Kier alpha value is -2.60. The second-order valence-electron chi connectivity index (χ2n) is 7.73. The van der Waals surface area contributed by atoms with Crippen LogP contribution in [0.2, 0.25) is 0 Å².